The number of benzene rings is 1. The zero-order chi connectivity index (χ0) is 17.3. The molecule has 5 heteroatoms. The van der Waals surface area contributed by atoms with Crippen LogP contribution in [0.25, 0.3) is 22.3 Å². The first-order valence-electron chi connectivity index (χ1n) is 7.40. The third-order valence-corrected chi connectivity index (χ3v) is 3.89. The van der Waals surface area contributed by atoms with Crippen molar-refractivity contribution in [1.29, 1.82) is 5.26 Å². The first kappa shape index (κ1) is 15.5. The molecule has 0 bridgehead atoms. The Bertz CT molecular complexity index is 1010. The van der Waals surface area contributed by atoms with Gasteiger partial charge in [-0.15, -0.1) is 0 Å². The smallest absolute Gasteiger partial charge is 0.328 e. The summed E-state index contributed by atoms with van der Waals surface area (Å²) in [6.45, 7) is 3.73. The van der Waals surface area contributed by atoms with Gasteiger partial charge in [-0.25, -0.2) is 4.79 Å². The average molecular weight is 317 g/mol. The fourth-order valence-corrected chi connectivity index (χ4v) is 2.72. The standard InChI is InChI=1S/C19H15N3O2/c1-12(7-19(23)24)15-9-18-17(21-11-15)8-13(2)22(18)16-5-3-14(10-20)4-6-16/h3-9,11H,1-2H3,(H,23,24)/b12-7+. The number of aromatic nitrogens is 2. The van der Waals surface area contributed by atoms with Gasteiger partial charge in [-0.2, -0.15) is 5.26 Å². The lowest BCUT2D eigenvalue weighted by Crippen LogP contribution is -1.97. The number of carbonyl (C=O) groups is 1. The SMILES string of the molecule is C/C(=C\C(=O)O)c1cnc2cc(C)n(-c3ccc(C#N)cc3)c2c1. The number of hydrogen-bond acceptors (Lipinski definition) is 3. The van der Waals surface area contributed by atoms with E-state index in [0.29, 0.717) is 11.1 Å². The number of nitriles is 1. The number of hydrogen-bond donors (Lipinski definition) is 1. The average Bonchev–Trinajstić information content (AvgIpc) is 2.89. The largest absolute Gasteiger partial charge is 0.478 e. The van der Waals surface area contributed by atoms with Gasteiger partial charge < -0.3 is 9.67 Å². The lowest BCUT2D eigenvalue weighted by Gasteiger charge is -2.09. The van der Waals surface area contributed by atoms with Crippen molar-refractivity contribution < 1.29 is 9.90 Å². The Balaban J connectivity index is 2.18. The summed E-state index contributed by atoms with van der Waals surface area (Å²) in [6.07, 6.45) is 2.85. The Morgan fingerprint density at radius 2 is 2.00 bits per heavy atom. The topological polar surface area (TPSA) is 78.9 Å². The zero-order valence-electron chi connectivity index (χ0n) is 13.3. The molecule has 3 aromatic rings. The quantitative estimate of drug-likeness (QED) is 0.747. The van der Waals surface area contributed by atoms with Crippen molar-refractivity contribution >= 4 is 22.6 Å². The fraction of sp³-hybridized carbons (Fsp3) is 0.105. The van der Waals surface area contributed by atoms with E-state index >= 15 is 0 Å². The summed E-state index contributed by atoms with van der Waals surface area (Å²) in [5.41, 5.74) is 5.68. The molecule has 0 spiro atoms. The molecule has 0 aliphatic carbocycles. The number of nitrogens with zero attached hydrogens (tertiary/aromatic N) is 3. The summed E-state index contributed by atoms with van der Waals surface area (Å²) < 4.78 is 2.04. The van der Waals surface area contributed by atoms with Gasteiger partial charge in [-0.1, -0.05) is 0 Å². The maximum atomic E-state index is 10.9. The zero-order valence-corrected chi connectivity index (χ0v) is 13.3. The van der Waals surface area contributed by atoms with Crippen LogP contribution in [0.3, 0.4) is 0 Å². The van der Waals surface area contributed by atoms with Crippen molar-refractivity contribution in [3.05, 3.63) is 65.5 Å². The summed E-state index contributed by atoms with van der Waals surface area (Å²) in [5, 5.41) is 17.9. The second kappa shape index (κ2) is 6.01. The molecule has 2 heterocycles. The second-order valence-electron chi connectivity index (χ2n) is 5.57. The molecule has 0 radical (unpaired) electrons. The van der Waals surface area contributed by atoms with Gasteiger partial charge >= 0.3 is 5.97 Å². The van der Waals surface area contributed by atoms with Crippen LogP contribution >= 0.6 is 0 Å². The minimum atomic E-state index is -0.980. The lowest BCUT2D eigenvalue weighted by molar-refractivity contribution is -0.131. The van der Waals surface area contributed by atoms with Crippen LogP contribution in [0.2, 0.25) is 0 Å². The van der Waals surface area contributed by atoms with Crippen molar-refractivity contribution in [2.45, 2.75) is 13.8 Å². The normalized spacial score (nSPS) is 11.5. The van der Waals surface area contributed by atoms with Crippen molar-refractivity contribution in [3.8, 4) is 11.8 Å². The molecule has 24 heavy (non-hydrogen) atoms. The maximum Gasteiger partial charge on any atom is 0.328 e. The highest BCUT2D eigenvalue weighted by molar-refractivity contribution is 5.91. The highest BCUT2D eigenvalue weighted by Gasteiger charge is 2.10. The number of carboxylic acids is 1. The summed E-state index contributed by atoms with van der Waals surface area (Å²) in [7, 11) is 0. The van der Waals surface area contributed by atoms with E-state index in [-0.39, 0.29) is 0 Å². The molecule has 1 N–H and O–H groups in total. The first-order chi connectivity index (χ1) is 11.5. The molecule has 0 saturated carbocycles. The van der Waals surface area contributed by atoms with Crippen molar-refractivity contribution in [3.63, 3.8) is 0 Å². The van der Waals surface area contributed by atoms with Crippen LogP contribution in [0.4, 0.5) is 0 Å². The molecular formula is C19H15N3O2. The summed E-state index contributed by atoms with van der Waals surface area (Å²) in [5.74, 6) is -0.980. The molecule has 0 aliphatic rings. The number of aliphatic carboxylic acids is 1. The van der Waals surface area contributed by atoms with Gasteiger partial charge in [0.25, 0.3) is 0 Å². The molecule has 0 atom stereocenters. The van der Waals surface area contributed by atoms with E-state index in [2.05, 4.69) is 11.1 Å². The third-order valence-electron chi connectivity index (χ3n) is 3.89. The molecule has 0 unspecified atom stereocenters. The van der Waals surface area contributed by atoms with E-state index in [1.807, 2.05) is 35.8 Å². The fourth-order valence-electron chi connectivity index (χ4n) is 2.72. The van der Waals surface area contributed by atoms with Crippen LogP contribution in [0, 0.1) is 18.3 Å². The highest BCUT2D eigenvalue weighted by atomic mass is 16.4. The molecule has 0 saturated heterocycles. The number of allylic oxidation sites excluding steroid dienone is 1. The molecule has 1 aromatic carbocycles. The number of aryl methyl sites for hydroxylation is 1. The van der Waals surface area contributed by atoms with E-state index in [1.54, 1.807) is 25.3 Å². The van der Waals surface area contributed by atoms with Gasteiger partial charge in [0.15, 0.2) is 0 Å². The maximum absolute atomic E-state index is 10.9. The molecule has 2 aromatic heterocycles. The van der Waals surface area contributed by atoms with Gasteiger partial charge in [0.2, 0.25) is 0 Å². The minimum absolute atomic E-state index is 0.604. The van der Waals surface area contributed by atoms with E-state index in [9.17, 15) is 4.79 Å². The Hall–Kier alpha value is -3.39. The molecule has 3 rings (SSSR count). The second-order valence-corrected chi connectivity index (χ2v) is 5.57. The predicted molar refractivity (Wildman–Crippen MR) is 91.8 cm³/mol. The summed E-state index contributed by atoms with van der Waals surface area (Å²) in [4.78, 5) is 15.3. The molecule has 0 fully saturated rings. The van der Waals surface area contributed by atoms with Gasteiger partial charge in [0.05, 0.1) is 22.7 Å². The Morgan fingerprint density at radius 1 is 1.29 bits per heavy atom. The third kappa shape index (κ3) is 2.77. The van der Waals surface area contributed by atoms with E-state index in [0.717, 1.165) is 28.0 Å². The minimum Gasteiger partial charge on any atom is -0.478 e. The summed E-state index contributed by atoms with van der Waals surface area (Å²) in [6, 6.07) is 13.3. The molecule has 0 aliphatic heterocycles. The summed E-state index contributed by atoms with van der Waals surface area (Å²) >= 11 is 0. The molecule has 118 valence electrons. The van der Waals surface area contributed by atoms with Crippen molar-refractivity contribution in [2.75, 3.05) is 0 Å². The van der Waals surface area contributed by atoms with Gasteiger partial charge in [-0.3, -0.25) is 4.98 Å². The van der Waals surface area contributed by atoms with Crippen LogP contribution in [0.5, 0.6) is 0 Å². The van der Waals surface area contributed by atoms with E-state index < -0.39 is 5.97 Å². The van der Waals surface area contributed by atoms with Crippen molar-refractivity contribution in [1.82, 2.24) is 9.55 Å². The van der Waals surface area contributed by atoms with Crippen LogP contribution < -0.4 is 0 Å². The monoisotopic (exact) mass is 317 g/mol. The van der Waals surface area contributed by atoms with Crippen LogP contribution in [0.15, 0.2) is 48.7 Å². The Morgan fingerprint density at radius 3 is 2.62 bits per heavy atom. The number of carboxylic acid groups (broad SMARTS) is 1. The van der Waals surface area contributed by atoms with Crippen LogP contribution in [0.1, 0.15) is 23.7 Å². The van der Waals surface area contributed by atoms with E-state index in [1.165, 1.54) is 6.08 Å². The number of rotatable bonds is 3. The molecule has 5 nitrogen and oxygen atoms in total. The first-order valence-corrected chi connectivity index (χ1v) is 7.40. The van der Waals surface area contributed by atoms with Gasteiger partial charge in [0, 0.05) is 23.7 Å². The van der Waals surface area contributed by atoms with Crippen molar-refractivity contribution in [2.24, 2.45) is 0 Å². The number of pyridine rings is 1. The molecular weight excluding hydrogens is 302 g/mol. The van der Waals surface area contributed by atoms with Crippen LogP contribution in [-0.2, 0) is 4.79 Å². The van der Waals surface area contributed by atoms with E-state index in [4.69, 9.17) is 10.4 Å². The lowest BCUT2D eigenvalue weighted by atomic mass is 10.1. The van der Waals surface area contributed by atoms with Gasteiger partial charge in [-0.05, 0) is 61.4 Å². The number of fused-ring (bicyclic) bond motifs is 1. The van der Waals surface area contributed by atoms with Gasteiger partial charge in [0.1, 0.15) is 0 Å². The van der Waals surface area contributed by atoms with Crippen LogP contribution in [-0.4, -0.2) is 20.6 Å². The molecule has 0 amide bonds. The predicted octanol–water partition coefficient (Wildman–Crippen LogP) is 3.69. The highest BCUT2D eigenvalue weighted by Crippen LogP contribution is 2.25. The Kier molecular flexibility index (Phi) is 3.88. The Labute approximate surface area is 139 Å².